The molecule has 0 radical (unpaired) electrons. The van der Waals surface area contributed by atoms with E-state index in [9.17, 15) is 0 Å². The zero-order chi connectivity index (χ0) is 11.7. The van der Waals surface area contributed by atoms with E-state index in [2.05, 4.69) is 16.3 Å². The van der Waals surface area contributed by atoms with Gasteiger partial charge >= 0.3 is 0 Å². The summed E-state index contributed by atoms with van der Waals surface area (Å²) in [4.78, 5) is 4.13. The third kappa shape index (κ3) is 2.34. The van der Waals surface area contributed by atoms with E-state index in [-0.39, 0.29) is 0 Å². The van der Waals surface area contributed by atoms with Crippen LogP contribution in [-0.4, -0.2) is 14.8 Å². The van der Waals surface area contributed by atoms with Gasteiger partial charge in [-0.05, 0) is 30.9 Å². The van der Waals surface area contributed by atoms with Crippen LogP contribution in [0.3, 0.4) is 0 Å². The summed E-state index contributed by atoms with van der Waals surface area (Å²) < 4.78 is 2.03. The van der Waals surface area contributed by atoms with Crippen LogP contribution in [-0.2, 0) is 12.4 Å². The van der Waals surface area contributed by atoms with Gasteiger partial charge in [0.25, 0.3) is 0 Å². The van der Waals surface area contributed by atoms with E-state index in [1.54, 1.807) is 6.20 Å². The van der Waals surface area contributed by atoms with E-state index < -0.39 is 0 Å². The van der Waals surface area contributed by atoms with Crippen LogP contribution >= 0.6 is 11.6 Å². The van der Waals surface area contributed by atoms with Crippen LogP contribution in [0.15, 0.2) is 30.7 Å². The molecule has 17 heavy (non-hydrogen) atoms. The van der Waals surface area contributed by atoms with Crippen LogP contribution in [0.25, 0.3) is 11.3 Å². The molecular weight excluding hydrogens is 234 g/mol. The Hall–Kier alpha value is -1.35. The topological polar surface area (TPSA) is 30.7 Å². The average molecular weight is 248 g/mol. The first-order valence-corrected chi connectivity index (χ1v) is 6.43. The van der Waals surface area contributed by atoms with Crippen molar-refractivity contribution in [2.45, 2.75) is 25.3 Å². The van der Waals surface area contributed by atoms with Gasteiger partial charge in [-0.25, -0.2) is 0 Å². The molecule has 0 spiro atoms. The maximum atomic E-state index is 5.97. The highest BCUT2D eigenvalue weighted by Gasteiger charge is 2.22. The van der Waals surface area contributed by atoms with Gasteiger partial charge in [0, 0.05) is 36.3 Å². The van der Waals surface area contributed by atoms with E-state index >= 15 is 0 Å². The summed E-state index contributed by atoms with van der Waals surface area (Å²) in [5, 5.41) is 4.62. The molecule has 0 aromatic carbocycles. The molecule has 4 heteroatoms. The average Bonchev–Trinajstić information content (AvgIpc) is 3.08. The number of aromatic nitrogens is 3. The lowest BCUT2D eigenvalue weighted by molar-refractivity contribution is 0.564. The Morgan fingerprint density at radius 2 is 2.29 bits per heavy atom. The fraction of sp³-hybridized carbons (Fsp3) is 0.385. The minimum absolute atomic E-state index is 0.495. The number of rotatable bonds is 4. The molecule has 3 nitrogen and oxygen atoms in total. The third-order valence-corrected chi connectivity index (χ3v) is 3.35. The molecule has 1 aliphatic rings. The molecular formula is C13H14ClN3. The lowest BCUT2D eigenvalue weighted by Crippen LogP contribution is -2.00. The van der Waals surface area contributed by atoms with Crippen molar-refractivity contribution in [2.75, 3.05) is 0 Å². The van der Waals surface area contributed by atoms with Crippen molar-refractivity contribution in [2.24, 2.45) is 5.92 Å². The number of alkyl halides is 1. The Kier molecular flexibility index (Phi) is 2.85. The zero-order valence-electron chi connectivity index (χ0n) is 9.51. The van der Waals surface area contributed by atoms with Gasteiger partial charge in [0.1, 0.15) is 0 Å². The molecule has 0 N–H and O–H groups in total. The van der Waals surface area contributed by atoms with Crippen molar-refractivity contribution >= 4 is 11.6 Å². The smallest absolute Gasteiger partial charge is 0.0982 e. The first-order valence-electron chi connectivity index (χ1n) is 5.89. The van der Waals surface area contributed by atoms with E-state index in [1.807, 2.05) is 23.0 Å². The van der Waals surface area contributed by atoms with Crippen LogP contribution in [0, 0.1) is 5.92 Å². The summed E-state index contributed by atoms with van der Waals surface area (Å²) in [6.07, 6.45) is 8.33. The van der Waals surface area contributed by atoms with E-state index in [0.717, 1.165) is 29.3 Å². The molecule has 0 atom stereocenters. The second kappa shape index (κ2) is 4.49. The summed E-state index contributed by atoms with van der Waals surface area (Å²) >= 11 is 5.97. The molecule has 88 valence electrons. The predicted octanol–water partition coefficient (Wildman–Crippen LogP) is 3.09. The Labute approximate surface area is 105 Å². The van der Waals surface area contributed by atoms with Crippen LogP contribution in [0.2, 0.25) is 0 Å². The molecule has 1 fully saturated rings. The van der Waals surface area contributed by atoms with Gasteiger partial charge in [0.05, 0.1) is 11.6 Å². The van der Waals surface area contributed by atoms with Crippen molar-refractivity contribution < 1.29 is 0 Å². The van der Waals surface area contributed by atoms with Crippen molar-refractivity contribution in [1.29, 1.82) is 0 Å². The first-order chi connectivity index (χ1) is 8.36. The fourth-order valence-electron chi connectivity index (χ4n) is 1.96. The molecule has 0 amide bonds. The molecule has 0 bridgehead atoms. The van der Waals surface area contributed by atoms with E-state index in [4.69, 9.17) is 11.6 Å². The predicted molar refractivity (Wildman–Crippen MR) is 67.7 cm³/mol. The van der Waals surface area contributed by atoms with Gasteiger partial charge < -0.3 is 0 Å². The molecule has 2 aromatic heterocycles. The molecule has 1 saturated carbocycles. The second-order valence-electron chi connectivity index (χ2n) is 4.54. The Morgan fingerprint density at radius 1 is 1.41 bits per heavy atom. The van der Waals surface area contributed by atoms with E-state index in [1.165, 1.54) is 12.8 Å². The summed E-state index contributed by atoms with van der Waals surface area (Å²) in [5.74, 6) is 1.31. The minimum Gasteiger partial charge on any atom is -0.272 e. The maximum absolute atomic E-state index is 5.97. The van der Waals surface area contributed by atoms with Gasteiger partial charge in [-0.2, -0.15) is 5.10 Å². The largest absolute Gasteiger partial charge is 0.272 e. The van der Waals surface area contributed by atoms with Crippen LogP contribution < -0.4 is 0 Å². The number of hydrogen-bond acceptors (Lipinski definition) is 2. The molecule has 0 saturated heterocycles. The lowest BCUT2D eigenvalue weighted by Gasteiger charge is -1.98. The van der Waals surface area contributed by atoms with Gasteiger partial charge in [0.2, 0.25) is 0 Å². The number of hydrogen-bond donors (Lipinski definition) is 0. The van der Waals surface area contributed by atoms with Crippen LogP contribution in [0.4, 0.5) is 0 Å². The molecule has 3 rings (SSSR count). The van der Waals surface area contributed by atoms with Crippen molar-refractivity contribution in [3.8, 4) is 11.3 Å². The van der Waals surface area contributed by atoms with Gasteiger partial charge in [-0.3, -0.25) is 9.67 Å². The monoisotopic (exact) mass is 247 g/mol. The highest BCUT2D eigenvalue weighted by atomic mass is 35.5. The molecule has 2 heterocycles. The van der Waals surface area contributed by atoms with Crippen LogP contribution in [0.5, 0.6) is 0 Å². The molecule has 1 aliphatic carbocycles. The quantitative estimate of drug-likeness (QED) is 0.778. The SMILES string of the molecule is ClCc1cn(CC2CC2)nc1-c1cccnc1. The van der Waals surface area contributed by atoms with Crippen molar-refractivity contribution in [3.63, 3.8) is 0 Å². The summed E-state index contributed by atoms with van der Waals surface area (Å²) in [5.41, 5.74) is 3.09. The second-order valence-corrected chi connectivity index (χ2v) is 4.81. The Balaban J connectivity index is 1.94. The van der Waals surface area contributed by atoms with Gasteiger partial charge in [-0.1, -0.05) is 0 Å². The fourth-order valence-corrected chi connectivity index (χ4v) is 2.16. The minimum atomic E-state index is 0.495. The number of pyridine rings is 1. The molecule has 0 aliphatic heterocycles. The first kappa shape index (κ1) is 10.8. The highest BCUT2D eigenvalue weighted by Crippen LogP contribution is 2.31. The number of halogens is 1. The standard InChI is InChI=1S/C13H14ClN3/c14-6-12-9-17(8-10-3-4-10)16-13(12)11-2-1-5-15-7-11/h1-2,5,7,9-10H,3-4,6,8H2. The summed E-state index contributed by atoms with van der Waals surface area (Å²) in [6.45, 7) is 1.02. The van der Waals surface area contributed by atoms with Crippen molar-refractivity contribution in [1.82, 2.24) is 14.8 Å². The third-order valence-electron chi connectivity index (χ3n) is 3.06. The maximum Gasteiger partial charge on any atom is 0.0982 e. The number of nitrogens with zero attached hydrogens (tertiary/aromatic N) is 3. The normalized spacial score (nSPS) is 15.1. The Morgan fingerprint density at radius 3 is 2.94 bits per heavy atom. The van der Waals surface area contributed by atoms with Gasteiger partial charge in [-0.15, -0.1) is 11.6 Å². The van der Waals surface area contributed by atoms with Crippen LogP contribution in [0.1, 0.15) is 18.4 Å². The Bertz CT molecular complexity index is 503. The summed E-state index contributed by atoms with van der Waals surface area (Å²) in [7, 11) is 0. The van der Waals surface area contributed by atoms with E-state index in [0.29, 0.717) is 5.88 Å². The highest BCUT2D eigenvalue weighted by molar-refractivity contribution is 6.17. The summed E-state index contributed by atoms with van der Waals surface area (Å²) in [6, 6.07) is 3.94. The molecule has 0 unspecified atom stereocenters. The molecule has 2 aromatic rings. The lowest BCUT2D eigenvalue weighted by atomic mass is 10.1. The van der Waals surface area contributed by atoms with Gasteiger partial charge in [0.15, 0.2) is 0 Å². The zero-order valence-corrected chi connectivity index (χ0v) is 10.3. The van der Waals surface area contributed by atoms with Crippen molar-refractivity contribution in [3.05, 3.63) is 36.3 Å².